The average Bonchev–Trinajstić information content (AvgIpc) is 3.53. The first-order chi connectivity index (χ1) is 22.1. The Morgan fingerprint density at radius 3 is 2.17 bits per heavy atom. The number of thiophene rings is 2. The zero-order valence-corrected chi connectivity index (χ0v) is 29.8. The maximum absolute atomic E-state index is 13.1. The summed E-state index contributed by atoms with van der Waals surface area (Å²) in [5.41, 5.74) is 4.79. The van der Waals surface area contributed by atoms with E-state index in [0.29, 0.717) is 36.6 Å². The summed E-state index contributed by atoms with van der Waals surface area (Å²) >= 11 is 22.4. The van der Waals surface area contributed by atoms with Crippen molar-refractivity contribution in [3.05, 3.63) is 124 Å². The van der Waals surface area contributed by atoms with E-state index in [1.807, 2.05) is 43.3 Å². The maximum Gasteiger partial charge on any atom is 0.355 e. The number of hydrogen-bond acceptors (Lipinski definition) is 7. The molecule has 6 aromatic rings. The minimum absolute atomic E-state index is 0.238. The van der Waals surface area contributed by atoms with Crippen LogP contribution in [-0.4, -0.2) is 24.0 Å². The zero-order valence-electron chi connectivity index (χ0n) is 23.5. The van der Waals surface area contributed by atoms with Gasteiger partial charge in [-0.25, -0.2) is 10.2 Å². The number of carbonyl (C=O) groups is 3. The van der Waals surface area contributed by atoms with E-state index in [2.05, 4.69) is 47.7 Å². The molecule has 2 aromatic heterocycles. The number of esters is 1. The van der Waals surface area contributed by atoms with E-state index in [1.165, 1.54) is 28.9 Å². The second-order valence-corrected chi connectivity index (χ2v) is 14.6. The van der Waals surface area contributed by atoms with Crippen LogP contribution in [0.5, 0.6) is 5.75 Å². The molecule has 6 rings (SSSR count). The summed E-state index contributed by atoms with van der Waals surface area (Å²) in [6.45, 7) is 1.97. The highest BCUT2D eigenvalue weighted by molar-refractivity contribution is 9.10. The predicted molar refractivity (Wildman–Crippen MR) is 195 cm³/mol. The highest BCUT2D eigenvalue weighted by atomic mass is 79.9. The summed E-state index contributed by atoms with van der Waals surface area (Å²) in [4.78, 5) is 39.5. The lowest BCUT2D eigenvalue weighted by Crippen LogP contribution is -2.18. The maximum atomic E-state index is 13.1. The largest absolute Gasteiger partial charge is 0.422 e. The lowest BCUT2D eigenvalue weighted by atomic mass is 10.2. The van der Waals surface area contributed by atoms with Crippen LogP contribution in [0, 0.1) is 6.92 Å². The second-order valence-electron chi connectivity index (χ2n) is 9.93. The molecule has 0 fully saturated rings. The van der Waals surface area contributed by atoms with Crippen LogP contribution in [-0.2, 0) is 0 Å². The molecule has 0 aliphatic rings. The van der Waals surface area contributed by atoms with Crippen LogP contribution in [0.1, 0.15) is 40.8 Å². The number of aryl methyl sites for hydroxylation is 1. The van der Waals surface area contributed by atoms with E-state index in [4.69, 9.17) is 27.9 Å². The quantitative estimate of drug-likeness (QED) is 0.0726. The fourth-order valence-electron chi connectivity index (χ4n) is 4.47. The first-order valence-electron chi connectivity index (χ1n) is 13.4. The summed E-state index contributed by atoms with van der Waals surface area (Å²) in [5, 5.41) is 9.20. The van der Waals surface area contributed by atoms with Crippen LogP contribution < -0.4 is 15.5 Å². The van der Waals surface area contributed by atoms with Crippen molar-refractivity contribution in [1.29, 1.82) is 0 Å². The van der Waals surface area contributed by atoms with Crippen LogP contribution in [0.2, 0.25) is 10.0 Å². The van der Waals surface area contributed by atoms with Gasteiger partial charge in [-0.15, -0.1) is 22.7 Å². The van der Waals surface area contributed by atoms with Gasteiger partial charge in [0.1, 0.15) is 15.5 Å². The second kappa shape index (κ2) is 13.6. The number of hydrazone groups is 1. The van der Waals surface area contributed by atoms with Crippen LogP contribution in [0.15, 0.2) is 92.9 Å². The summed E-state index contributed by atoms with van der Waals surface area (Å²) in [6.07, 6.45) is 1.38. The third-order valence-electron chi connectivity index (χ3n) is 6.72. The van der Waals surface area contributed by atoms with Crippen molar-refractivity contribution in [2.75, 3.05) is 5.32 Å². The summed E-state index contributed by atoms with van der Waals surface area (Å²) < 4.78 is 9.09. The van der Waals surface area contributed by atoms with Gasteiger partial charge in [0, 0.05) is 45.9 Å². The van der Waals surface area contributed by atoms with Gasteiger partial charge in [0.15, 0.2) is 0 Å². The smallest absolute Gasteiger partial charge is 0.355 e. The molecule has 0 spiro atoms. The molecule has 0 bridgehead atoms. The Morgan fingerprint density at radius 1 is 0.783 bits per heavy atom. The number of carbonyl (C=O) groups excluding carboxylic acids is 3. The summed E-state index contributed by atoms with van der Waals surface area (Å²) in [7, 11) is 0. The molecule has 2 amide bonds. The molecule has 0 aliphatic heterocycles. The normalized spacial score (nSPS) is 11.3. The molecule has 2 N–H and O–H groups in total. The Morgan fingerprint density at radius 2 is 1.41 bits per heavy atom. The van der Waals surface area contributed by atoms with E-state index in [1.54, 1.807) is 42.5 Å². The van der Waals surface area contributed by atoms with Crippen LogP contribution in [0.4, 0.5) is 5.69 Å². The van der Waals surface area contributed by atoms with Crippen LogP contribution >= 0.6 is 77.7 Å². The molecule has 2 heterocycles. The number of amides is 2. The molecule has 13 heteroatoms. The van der Waals surface area contributed by atoms with Crippen LogP contribution in [0.25, 0.3) is 20.2 Å². The third-order valence-corrected chi connectivity index (χ3v) is 11.0. The number of hydrogen-bond donors (Lipinski definition) is 2. The van der Waals surface area contributed by atoms with Gasteiger partial charge in [-0.1, -0.05) is 73.3 Å². The molecule has 4 aromatic carbocycles. The number of ether oxygens (including phenoxy) is 1. The number of anilines is 1. The number of rotatable bonds is 7. The number of nitrogens with one attached hydrogen (secondary N) is 2. The molecule has 0 unspecified atom stereocenters. The minimum atomic E-state index is -0.597. The highest BCUT2D eigenvalue weighted by Gasteiger charge is 2.21. The molecule has 46 heavy (non-hydrogen) atoms. The highest BCUT2D eigenvalue weighted by Crippen LogP contribution is 2.38. The van der Waals surface area contributed by atoms with Gasteiger partial charge in [-0.05, 0) is 73.2 Å². The van der Waals surface area contributed by atoms with Crippen molar-refractivity contribution >= 4 is 128 Å². The Bertz CT molecular complexity index is 2220. The molecule has 7 nitrogen and oxygen atoms in total. The van der Waals surface area contributed by atoms with Gasteiger partial charge in [-0.3, -0.25) is 9.59 Å². The first kappa shape index (κ1) is 32.4. The summed E-state index contributed by atoms with van der Waals surface area (Å²) in [6, 6.07) is 22.8. The first-order valence-corrected chi connectivity index (χ1v) is 17.4. The molecule has 0 saturated heterocycles. The lowest BCUT2D eigenvalue weighted by Gasteiger charge is -2.08. The topological polar surface area (TPSA) is 96.9 Å². The molecule has 230 valence electrons. The molecule has 0 atom stereocenters. The van der Waals surface area contributed by atoms with E-state index >= 15 is 0 Å². The molecule has 0 radical (unpaired) electrons. The van der Waals surface area contributed by atoms with Gasteiger partial charge in [0.2, 0.25) is 0 Å². The fourth-order valence-corrected chi connectivity index (χ4v) is 8.29. The van der Waals surface area contributed by atoms with Gasteiger partial charge < -0.3 is 10.1 Å². The summed E-state index contributed by atoms with van der Waals surface area (Å²) in [5.74, 6) is -1.19. The number of halogens is 4. The van der Waals surface area contributed by atoms with E-state index in [-0.39, 0.29) is 11.7 Å². The monoisotopic (exact) mass is 813 g/mol. The predicted octanol–water partition coefficient (Wildman–Crippen LogP) is 10.5. The van der Waals surface area contributed by atoms with Gasteiger partial charge in [0.25, 0.3) is 11.8 Å². The Balaban J connectivity index is 1.11. The van der Waals surface area contributed by atoms with Gasteiger partial charge >= 0.3 is 5.97 Å². The van der Waals surface area contributed by atoms with E-state index in [0.717, 1.165) is 34.7 Å². The van der Waals surface area contributed by atoms with Crippen LogP contribution in [0.3, 0.4) is 0 Å². The Labute approximate surface area is 297 Å². The number of nitrogens with zero attached hydrogens (tertiary/aromatic N) is 1. The Kier molecular flexibility index (Phi) is 9.60. The van der Waals surface area contributed by atoms with E-state index < -0.39 is 11.9 Å². The molecular formula is C33H19Br2Cl2N3O4S2. The third kappa shape index (κ3) is 6.90. The van der Waals surface area contributed by atoms with Crippen molar-refractivity contribution < 1.29 is 19.1 Å². The van der Waals surface area contributed by atoms with Crippen molar-refractivity contribution in [2.24, 2.45) is 5.10 Å². The molecule has 0 aliphatic carbocycles. The zero-order chi connectivity index (χ0) is 32.5. The molecule has 0 saturated carbocycles. The van der Waals surface area contributed by atoms with Gasteiger partial charge in [0.05, 0.1) is 16.3 Å². The van der Waals surface area contributed by atoms with Crippen molar-refractivity contribution in [3.8, 4) is 5.75 Å². The van der Waals surface area contributed by atoms with Crippen molar-refractivity contribution in [1.82, 2.24) is 5.43 Å². The Hall–Kier alpha value is -3.58. The number of benzene rings is 4. The minimum Gasteiger partial charge on any atom is -0.422 e. The van der Waals surface area contributed by atoms with E-state index in [9.17, 15) is 14.4 Å². The standard InChI is InChI=1S/C33H19Br2Cl2N3O4S2/c1-16-2-9-22-25(12-16)46-30(28(22)37)33(43)44-24-11-6-19(34)13-18(24)15-38-40-31(41)17-3-7-21(8-4-17)39-32(42)29-27(36)23-10-5-20(35)14-26(23)45-29/h2-15H,1H3,(H,39,42)(H,40,41)/b38-15-. The van der Waals surface area contributed by atoms with Crippen molar-refractivity contribution in [2.45, 2.75) is 6.92 Å². The lowest BCUT2D eigenvalue weighted by molar-refractivity contribution is 0.0739. The average molecular weight is 816 g/mol. The fraction of sp³-hybridized carbons (Fsp3) is 0.0303. The SMILES string of the molecule is Cc1ccc2c(Cl)c(C(=O)Oc3ccc(Br)cc3/C=N\NC(=O)c3ccc(NC(=O)c4sc5cc(Br)ccc5c4Cl)cc3)sc2c1. The van der Waals surface area contributed by atoms with Gasteiger partial charge in [-0.2, -0.15) is 5.10 Å². The number of fused-ring (bicyclic) bond motifs is 2. The molecular weight excluding hydrogens is 797 g/mol. The van der Waals surface area contributed by atoms with Crippen molar-refractivity contribution in [3.63, 3.8) is 0 Å².